The monoisotopic (exact) mass is 556 g/mol. The number of rotatable bonds is 8. The Morgan fingerprint density at radius 2 is 1.89 bits per heavy atom. The maximum atomic E-state index is 11.0. The summed E-state index contributed by atoms with van der Waals surface area (Å²) >= 11 is 13.4. The number of carbonyl (C=O) groups is 1. The van der Waals surface area contributed by atoms with Crippen LogP contribution in [0.4, 0.5) is 11.6 Å². The number of ether oxygens (including phenoxy) is 3. The SMILES string of the molecule is COc1cc(OC)c(Cl)c(-c2cc3cnc(N[C@@H]4COC[C@@H]4NC=O)cc3c(N3CCC(C#N)C3)n2)c1Cl. The Bertz CT molecular complexity index is 1390. The summed E-state index contributed by atoms with van der Waals surface area (Å²) in [5.74, 6) is 2.04. The van der Waals surface area contributed by atoms with Gasteiger partial charge in [-0.3, -0.25) is 4.79 Å². The number of nitrogens with one attached hydrogen (secondary N) is 2. The number of hydrogen-bond acceptors (Lipinski definition) is 9. The van der Waals surface area contributed by atoms with Gasteiger partial charge in [0.05, 0.1) is 67.2 Å². The molecule has 198 valence electrons. The molecule has 2 aromatic heterocycles. The highest BCUT2D eigenvalue weighted by molar-refractivity contribution is 6.41. The van der Waals surface area contributed by atoms with Crippen molar-refractivity contribution in [2.24, 2.45) is 5.92 Å². The number of amides is 1. The molecule has 0 spiro atoms. The first-order chi connectivity index (χ1) is 18.5. The van der Waals surface area contributed by atoms with Gasteiger partial charge in [-0.15, -0.1) is 0 Å². The molecule has 2 aliphatic rings. The molecule has 0 radical (unpaired) electrons. The first kappa shape index (κ1) is 26.1. The Balaban J connectivity index is 1.63. The van der Waals surface area contributed by atoms with Crippen molar-refractivity contribution in [2.75, 3.05) is 50.7 Å². The number of pyridine rings is 2. The summed E-state index contributed by atoms with van der Waals surface area (Å²) in [5, 5.41) is 18.0. The summed E-state index contributed by atoms with van der Waals surface area (Å²) in [4.78, 5) is 22.7. The topological polar surface area (TPSA) is 122 Å². The lowest BCUT2D eigenvalue weighted by atomic mass is 10.1. The number of nitrogens with zero attached hydrogens (tertiary/aromatic N) is 4. The van der Waals surface area contributed by atoms with E-state index in [9.17, 15) is 10.1 Å². The van der Waals surface area contributed by atoms with Crippen LogP contribution in [0.15, 0.2) is 24.4 Å². The van der Waals surface area contributed by atoms with E-state index in [4.69, 9.17) is 42.4 Å². The number of benzene rings is 1. The third-order valence-corrected chi connectivity index (χ3v) is 7.64. The molecule has 1 aromatic carbocycles. The fourth-order valence-corrected chi connectivity index (χ4v) is 5.58. The van der Waals surface area contributed by atoms with Crippen LogP contribution in [0.1, 0.15) is 6.42 Å². The molecule has 4 heterocycles. The highest BCUT2D eigenvalue weighted by atomic mass is 35.5. The van der Waals surface area contributed by atoms with Gasteiger partial charge >= 0.3 is 0 Å². The van der Waals surface area contributed by atoms with Gasteiger partial charge in [-0.2, -0.15) is 5.26 Å². The van der Waals surface area contributed by atoms with Gasteiger partial charge in [0.1, 0.15) is 23.1 Å². The minimum atomic E-state index is -0.160. The second kappa shape index (κ2) is 11.1. The van der Waals surface area contributed by atoms with Gasteiger partial charge in [0.2, 0.25) is 6.41 Å². The standard InChI is InChI=1S/C26H26Cl2N6O4/c1-36-20-7-21(37-2)25(28)23(24(20)27)17-5-15-9-30-22(32-19-12-38-11-18(19)31-13-35)6-16(15)26(33-17)34-4-3-14(8-29)10-34/h5-7,9,13-14,18-19H,3-4,10-12H2,1-2H3,(H,30,32)(H,31,35)/t14?,18-,19+/m0/s1. The number of methoxy groups -OCH3 is 2. The van der Waals surface area contributed by atoms with E-state index in [0.717, 1.165) is 17.2 Å². The van der Waals surface area contributed by atoms with Crippen molar-refractivity contribution in [3.05, 3.63) is 34.4 Å². The molecule has 0 saturated carbocycles. The van der Waals surface area contributed by atoms with Crippen molar-refractivity contribution < 1.29 is 19.0 Å². The first-order valence-electron chi connectivity index (χ1n) is 12.1. The number of anilines is 2. The normalized spacial score (nSPS) is 20.8. The molecule has 5 rings (SSSR count). The van der Waals surface area contributed by atoms with E-state index in [0.29, 0.717) is 77.2 Å². The van der Waals surface area contributed by atoms with E-state index in [1.165, 1.54) is 14.2 Å². The van der Waals surface area contributed by atoms with Crippen LogP contribution < -0.4 is 25.0 Å². The fourth-order valence-electron chi connectivity index (χ4n) is 4.88. The van der Waals surface area contributed by atoms with Gasteiger partial charge in [-0.05, 0) is 18.6 Å². The summed E-state index contributed by atoms with van der Waals surface area (Å²) < 4.78 is 16.4. The summed E-state index contributed by atoms with van der Waals surface area (Å²) in [7, 11) is 3.04. The van der Waals surface area contributed by atoms with E-state index in [1.807, 2.05) is 12.1 Å². The second-order valence-electron chi connectivity index (χ2n) is 9.15. The van der Waals surface area contributed by atoms with Gasteiger partial charge in [0, 0.05) is 41.7 Å². The number of hydrogen-bond donors (Lipinski definition) is 2. The lowest BCUT2D eigenvalue weighted by molar-refractivity contribution is -0.110. The number of fused-ring (bicyclic) bond motifs is 1. The zero-order valence-corrected chi connectivity index (χ0v) is 22.3. The largest absolute Gasteiger partial charge is 0.495 e. The average molecular weight is 557 g/mol. The summed E-state index contributed by atoms with van der Waals surface area (Å²) in [6, 6.07) is 7.50. The van der Waals surface area contributed by atoms with Gasteiger partial charge in [0.15, 0.2) is 0 Å². The molecule has 0 aliphatic carbocycles. The summed E-state index contributed by atoms with van der Waals surface area (Å²) in [6.45, 7) is 2.10. The molecule has 38 heavy (non-hydrogen) atoms. The molecule has 10 nitrogen and oxygen atoms in total. The van der Waals surface area contributed by atoms with Crippen molar-refractivity contribution in [3.8, 4) is 28.8 Å². The highest BCUT2D eigenvalue weighted by Crippen LogP contribution is 2.46. The van der Waals surface area contributed by atoms with Crippen LogP contribution in [-0.4, -0.2) is 69.0 Å². The maximum Gasteiger partial charge on any atom is 0.207 e. The van der Waals surface area contributed by atoms with Gasteiger partial charge in [-0.25, -0.2) is 9.97 Å². The predicted octanol–water partition coefficient (Wildman–Crippen LogP) is 3.90. The van der Waals surface area contributed by atoms with Crippen LogP contribution in [0, 0.1) is 17.2 Å². The maximum absolute atomic E-state index is 11.0. The molecular weight excluding hydrogens is 531 g/mol. The van der Waals surface area contributed by atoms with Crippen LogP contribution in [0.2, 0.25) is 10.0 Å². The number of nitriles is 1. The lowest BCUT2D eigenvalue weighted by Crippen LogP contribution is -2.42. The van der Waals surface area contributed by atoms with Crippen molar-refractivity contribution in [3.63, 3.8) is 0 Å². The molecule has 2 aliphatic heterocycles. The molecule has 12 heteroatoms. The van der Waals surface area contributed by atoms with Crippen molar-refractivity contribution in [1.82, 2.24) is 15.3 Å². The number of carbonyl (C=O) groups excluding carboxylic acids is 1. The van der Waals surface area contributed by atoms with E-state index >= 15 is 0 Å². The minimum Gasteiger partial charge on any atom is -0.495 e. The Morgan fingerprint density at radius 3 is 2.55 bits per heavy atom. The van der Waals surface area contributed by atoms with Gasteiger partial charge in [-0.1, -0.05) is 23.2 Å². The number of halogens is 2. The van der Waals surface area contributed by atoms with Crippen LogP contribution in [0.5, 0.6) is 11.5 Å². The Hall–Kier alpha value is -3.52. The van der Waals surface area contributed by atoms with Crippen LogP contribution >= 0.6 is 23.2 Å². The van der Waals surface area contributed by atoms with Crippen molar-refractivity contribution >= 4 is 52.0 Å². The van der Waals surface area contributed by atoms with Crippen molar-refractivity contribution in [2.45, 2.75) is 18.5 Å². The Labute approximate surface area is 229 Å². The second-order valence-corrected chi connectivity index (χ2v) is 9.90. The third-order valence-electron chi connectivity index (χ3n) is 6.89. The average Bonchev–Trinajstić information content (AvgIpc) is 3.58. The quantitative estimate of drug-likeness (QED) is 0.397. The van der Waals surface area contributed by atoms with Crippen molar-refractivity contribution in [1.29, 1.82) is 5.26 Å². The van der Waals surface area contributed by atoms with E-state index in [-0.39, 0.29) is 18.0 Å². The molecule has 0 bridgehead atoms. The first-order valence-corrected chi connectivity index (χ1v) is 12.8. The van der Waals surface area contributed by atoms with E-state index < -0.39 is 0 Å². The molecule has 1 amide bonds. The van der Waals surface area contributed by atoms with Crippen LogP contribution in [0.25, 0.3) is 22.0 Å². The zero-order valence-electron chi connectivity index (χ0n) is 20.8. The zero-order chi connectivity index (χ0) is 26.8. The molecule has 2 N–H and O–H groups in total. The fraction of sp³-hybridized carbons (Fsp3) is 0.385. The Morgan fingerprint density at radius 1 is 1.16 bits per heavy atom. The lowest BCUT2D eigenvalue weighted by Gasteiger charge is -2.22. The summed E-state index contributed by atoms with van der Waals surface area (Å²) in [6.07, 6.45) is 3.17. The summed E-state index contributed by atoms with van der Waals surface area (Å²) in [5.41, 5.74) is 1.01. The minimum absolute atomic E-state index is 0.0927. The predicted molar refractivity (Wildman–Crippen MR) is 145 cm³/mol. The molecule has 2 fully saturated rings. The number of aromatic nitrogens is 2. The van der Waals surface area contributed by atoms with Crippen LogP contribution in [0.3, 0.4) is 0 Å². The van der Waals surface area contributed by atoms with E-state index in [1.54, 1.807) is 12.3 Å². The van der Waals surface area contributed by atoms with E-state index in [2.05, 4.69) is 26.6 Å². The molecular formula is C26H26Cl2N6O4. The molecule has 2 saturated heterocycles. The van der Waals surface area contributed by atoms with Gasteiger partial charge in [0.25, 0.3) is 0 Å². The molecule has 3 aromatic rings. The molecule has 3 atom stereocenters. The highest BCUT2D eigenvalue weighted by Gasteiger charge is 2.30. The third kappa shape index (κ3) is 4.85. The van der Waals surface area contributed by atoms with Crippen LogP contribution in [-0.2, 0) is 9.53 Å². The smallest absolute Gasteiger partial charge is 0.207 e. The Kier molecular flexibility index (Phi) is 7.61. The molecule has 1 unspecified atom stereocenters. The van der Waals surface area contributed by atoms with Gasteiger partial charge < -0.3 is 29.7 Å².